The number of amides is 1. The number of aromatic nitrogens is 1. The number of aryl methyl sites for hydroxylation is 1. The smallest absolute Gasteiger partial charge is 0.231 e. The van der Waals surface area contributed by atoms with Gasteiger partial charge in [-0.3, -0.25) is 4.79 Å². The monoisotopic (exact) mass is 336 g/mol. The Balaban J connectivity index is 1.72. The molecule has 1 aromatic carbocycles. The Morgan fingerprint density at radius 2 is 2.27 bits per heavy atom. The van der Waals surface area contributed by atoms with Crippen LogP contribution in [0.15, 0.2) is 30.5 Å². The third-order valence-corrected chi connectivity index (χ3v) is 4.26. The van der Waals surface area contributed by atoms with Crippen LogP contribution in [0.5, 0.6) is 5.88 Å². The minimum absolute atomic E-state index is 0.0998. The van der Waals surface area contributed by atoms with E-state index in [2.05, 4.69) is 10.3 Å². The fourth-order valence-electron chi connectivity index (χ4n) is 2.51. The molecular formula is C16H14Cl2N2O2. The van der Waals surface area contributed by atoms with E-state index in [-0.39, 0.29) is 11.8 Å². The van der Waals surface area contributed by atoms with Gasteiger partial charge >= 0.3 is 0 Å². The van der Waals surface area contributed by atoms with Gasteiger partial charge in [0.15, 0.2) is 0 Å². The van der Waals surface area contributed by atoms with Crippen molar-refractivity contribution in [2.24, 2.45) is 0 Å². The lowest BCUT2D eigenvalue weighted by atomic mass is 10.0. The van der Waals surface area contributed by atoms with E-state index in [1.54, 1.807) is 18.3 Å². The summed E-state index contributed by atoms with van der Waals surface area (Å²) in [7, 11) is 0. The predicted molar refractivity (Wildman–Crippen MR) is 85.5 cm³/mol. The molecule has 1 amide bonds. The predicted octanol–water partition coefficient (Wildman–Crippen LogP) is 3.49. The second-order valence-corrected chi connectivity index (χ2v) is 6.01. The van der Waals surface area contributed by atoms with Crippen LogP contribution in [0.4, 0.5) is 0 Å². The number of carbonyl (C=O) groups excluding carboxylic acids is 1. The fraction of sp³-hybridized carbons (Fsp3) is 0.250. The zero-order valence-electron chi connectivity index (χ0n) is 11.9. The summed E-state index contributed by atoms with van der Waals surface area (Å²) in [4.78, 5) is 16.5. The van der Waals surface area contributed by atoms with Crippen molar-refractivity contribution in [1.82, 2.24) is 10.3 Å². The molecule has 22 heavy (non-hydrogen) atoms. The van der Waals surface area contributed by atoms with E-state index >= 15 is 0 Å². The quantitative estimate of drug-likeness (QED) is 0.933. The molecule has 1 N–H and O–H groups in total. The molecule has 1 aliphatic heterocycles. The van der Waals surface area contributed by atoms with E-state index in [9.17, 15) is 4.79 Å². The Kier molecular flexibility index (Phi) is 4.23. The highest BCUT2D eigenvalue weighted by Gasteiger charge is 2.31. The summed E-state index contributed by atoms with van der Waals surface area (Å²) in [5, 5.41) is 4.04. The lowest BCUT2D eigenvalue weighted by Gasteiger charge is -2.13. The fourth-order valence-corrected chi connectivity index (χ4v) is 3.17. The Morgan fingerprint density at radius 3 is 3.05 bits per heavy atom. The molecule has 0 unspecified atom stereocenters. The zero-order chi connectivity index (χ0) is 15.7. The summed E-state index contributed by atoms with van der Waals surface area (Å²) in [5.41, 5.74) is 2.63. The largest absolute Gasteiger partial charge is 0.476 e. The number of ether oxygens (including phenoxy) is 1. The van der Waals surface area contributed by atoms with Crippen molar-refractivity contribution < 1.29 is 9.53 Å². The third-order valence-electron chi connectivity index (χ3n) is 3.70. The zero-order valence-corrected chi connectivity index (χ0v) is 13.4. The lowest BCUT2D eigenvalue weighted by molar-refractivity contribution is -0.122. The molecule has 0 saturated heterocycles. The van der Waals surface area contributed by atoms with Crippen LogP contribution in [0, 0.1) is 6.92 Å². The first kappa shape index (κ1) is 15.1. The summed E-state index contributed by atoms with van der Waals surface area (Å²) in [6.07, 6.45) is 1.65. The molecule has 4 nitrogen and oxygen atoms in total. The molecule has 6 heteroatoms. The average molecular weight is 337 g/mol. The summed E-state index contributed by atoms with van der Waals surface area (Å²) in [5.74, 6) is 0.0932. The molecule has 3 rings (SSSR count). The first-order chi connectivity index (χ1) is 10.6. The molecule has 2 heterocycles. The number of halogens is 2. The molecule has 0 aliphatic carbocycles. The van der Waals surface area contributed by atoms with Gasteiger partial charge in [0.25, 0.3) is 0 Å². The minimum Gasteiger partial charge on any atom is -0.476 e. The lowest BCUT2D eigenvalue weighted by Crippen LogP contribution is -2.30. The molecule has 0 fully saturated rings. The molecule has 0 radical (unpaired) electrons. The Hall–Kier alpha value is -1.78. The number of hydrogen-bond acceptors (Lipinski definition) is 3. The highest BCUT2D eigenvalue weighted by Crippen LogP contribution is 2.31. The molecule has 0 bridgehead atoms. The summed E-state index contributed by atoms with van der Waals surface area (Å²) >= 11 is 12.1. The second-order valence-electron chi connectivity index (χ2n) is 5.16. The van der Waals surface area contributed by atoms with Gasteiger partial charge in [0.05, 0.1) is 0 Å². The molecule has 1 atom stereocenters. The van der Waals surface area contributed by atoms with E-state index in [1.807, 2.05) is 19.1 Å². The van der Waals surface area contributed by atoms with Crippen LogP contribution in [0.3, 0.4) is 0 Å². The normalized spacial score (nSPS) is 16.0. The van der Waals surface area contributed by atoms with Crippen molar-refractivity contribution in [2.75, 3.05) is 6.61 Å². The van der Waals surface area contributed by atoms with Gasteiger partial charge in [-0.05, 0) is 36.2 Å². The first-order valence-corrected chi connectivity index (χ1v) is 7.62. The maximum Gasteiger partial charge on any atom is 0.231 e. The highest BCUT2D eigenvalue weighted by atomic mass is 35.5. The average Bonchev–Trinajstić information content (AvgIpc) is 2.90. The van der Waals surface area contributed by atoms with E-state index in [1.165, 1.54) is 0 Å². The van der Waals surface area contributed by atoms with E-state index in [4.69, 9.17) is 27.9 Å². The van der Waals surface area contributed by atoms with Crippen LogP contribution in [-0.2, 0) is 11.3 Å². The maximum atomic E-state index is 12.4. The van der Waals surface area contributed by atoms with Crippen molar-refractivity contribution in [3.63, 3.8) is 0 Å². The van der Waals surface area contributed by atoms with Crippen LogP contribution in [0.25, 0.3) is 0 Å². The number of carbonyl (C=O) groups is 1. The Bertz CT molecular complexity index is 711. The minimum atomic E-state index is -0.338. The number of nitrogens with one attached hydrogen (secondary N) is 1. The molecule has 1 aliphatic rings. The molecule has 114 valence electrons. The molecule has 1 aromatic heterocycles. The SMILES string of the molecule is Cc1cc(Cl)cc(Cl)c1CNC(=O)[C@@H]1COc2ncccc21. The molecule has 0 spiro atoms. The van der Waals surface area contributed by atoms with Crippen molar-refractivity contribution in [3.8, 4) is 5.88 Å². The van der Waals surface area contributed by atoms with Gasteiger partial charge in [-0.25, -0.2) is 4.98 Å². The summed E-state index contributed by atoms with van der Waals surface area (Å²) in [6.45, 7) is 2.58. The Morgan fingerprint density at radius 1 is 1.45 bits per heavy atom. The van der Waals surface area contributed by atoms with Gasteiger partial charge in [-0.1, -0.05) is 29.3 Å². The van der Waals surface area contributed by atoms with Crippen LogP contribution < -0.4 is 10.1 Å². The number of hydrogen-bond donors (Lipinski definition) is 1. The second kappa shape index (κ2) is 6.15. The number of nitrogens with zero attached hydrogens (tertiary/aromatic N) is 1. The van der Waals surface area contributed by atoms with Crippen molar-refractivity contribution in [3.05, 3.63) is 57.2 Å². The van der Waals surface area contributed by atoms with Crippen molar-refractivity contribution >= 4 is 29.1 Å². The first-order valence-electron chi connectivity index (χ1n) is 6.86. The van der Waals surface area contributed by atoms with Crippen LogP contribution in [0.1, 0.15) is 22.6 Å². The number of rotatable bonds is 3. The van der Waals surface area contributed by atoms with Crippen molar-refractivity contribution in [2.45, 2.75) is 19.4 Å². The number of pyridine rings is 1. The maximum absolute atomic E-state index is 12.4. The van der Waals surface area contributed by atoms with Gasteiger partial charge in [-0.15, -0.1) is 0 Å². The van der Waals surface area contributed by atoms with Gasteiger partial charge in [0, 0.05) is 28.4 Å². The van der Waals surface area contributed by atoms with E-state index in [0.717, 1.165) is 16.7 Å². The van der Waals surface area contributed by atoms with Gasteiger partial charge < -0.3 is 10.1 Å². The molecule has 0 saturated carbocycles. The third kappa shape index (κ3) is 2.89. The van der Waals surface area contributed by atoms with Crippen LogP contribution >= 0.6 is 23.2 Å². The molecule has 2 aromatic rings. The topological polar surface area (TPSA) is 51.2 Å². The highest BCUT2D eigenvalue weighted by molar-refractivity contribution is 6.35. The standard InChI is InChI=1S/C16H14Cl2N2O2/c1-9-5-10(17)6-14(18)12(9)7-20-15(21)13-8-22-16-11(13)3-2-4-19-16/h2-6,13H,7-8H2,1H3,(H,20,21)/t13-/m1/s1. The van der Waals surface area contributed by atoms with Gasteiger partial charge in [0.2, 0.25) is 11.8 Å². The van der Waals surface area contributed by atoms with E-state index in [0.29, 0.717) is 29.1 Å². The number of benzene rings is 1. The number of fused-ring (bicyclic) bond motifs is 1. The van der Waals surface area contributed by atoms with Crippen LogP contribution in [-0.4, -0.2) is 17.5 Å². The van der Waals surface area contributed by atoms with Crippen LogP contribution in [0.2, 0.25) is 10.0 Å². The molecular weight excluding hydrogens is 323 g/mol. The van der Waals surface area contributed by atoms with Crippen molar-refractivity contribution in [1.29, 1.82) is 0 Å². The Labute approximate surface area is 138 Å². The summed E-state index contributed by atoms with van der Waals surface area (Å²) < 4.78 is 5.43. The van der Waals surface area contributed by atoms with E-state index < -0.39 is 0 Å². The van der Waals surface area contributed by atoms with Gasteiger partial charge in [0.1, 0.15) is 12.5 Å². The van der Waals surface area contributed by atoms with Gasteiger partial charge in [-0.2, -0.15) is 0 Å². The summed E-state index contributed by atoms with van der Waals surface area (Å²) in [6, 6.07) is 7.16.